The molecule has 74 valence electrons. The Hall–Kier alpha value is -1.44. The van der Waals surface area contributed by atoms with E-state index in [2.05, 4.69) is 4.98 Å². The van der Waals surface area contributed by atoms with E-state index in [1.165, 1.54) is 0 Å². The van der Waals surface area contributed by atoms with E-state index in [-0.39, 0.29) is 20.6 Å². The predicted octanol–water partition coefficient (Wildman–Crippen LogP) is 3.47. The summed E-state index contributed by atoms with van der Waals surface area (Å²) in [7, 11) is 0. The normalized spacial score (nSPS) is 13.7. The van der Waals surface area contributed by atoms with Crippen molar-refractivity contribution in [3.05, 3.63) is 39.3 Å². The minimum Gasteiger partial charge on any atom is -0.223 e. The van der Waals surface area contributed by atoms with Gasteiger partial charge in [-0.05, 0) is 24.2 Å². The number of thiazole rings is 1. The number of benzene rings is 1. The first-order valence-electron chi connectivity index (χ1n) is 5.71. The summed E-state index contributed by atoms with van der Waals surface area (Å²) in [5, 5.41) is 8.94. The van der Waals surface area contributed by atoms with Crippen LogP contribution >= 0.6 is 22.9 Å². The SMILES string of the molecule is [2H]c1c([2H])c(-c2nc(Cl)sc2C#N)c([2H])c([2H])c1F. The first kappa shape index (κ1) is 6.21. The zero-order chi connectivity index (χ0) is 14.3. The van der Waals surface area contributed by atoms with Gasteiger partial charge in [0.15, 0.2) is 4.47 Å². The van der Waals surface area contributed by atoms with Gasteiger partial charge >= 0.3 is 0 Å². The van der Waals surface area contributed by atoms with Crippen molar-refractivity contribution in [1.29, 1.82) is 5.26 Å². The van der Waals surface area contributed by atoms with E-state index in [1.54, 1.807) is 0 Å². The lowest BCUT2D eigenvalue weighted by Gasteiger charge is -1.96. The third-order valence-corrected chi connectivity index (χ3v) is 2.60. The van der Waals surface area contributed by atoms with Crippen molar-refractivity contribution < 1.29 is 9.87 Å². The second kappa shape index (κ2) is 3.97. The lowest BCUT2D eigenvalue weighted by atomic mass is 10.1. The van der Waals surface area contributed by atoms with Gasteiger partial charge < -0.3 is 0 Å². The van der Waals surface area contributed by atoms with Gasteiger partial charge in [0.1, 0.15) is 22.5 Å². The maximum atomic E-state index is 13.4. The van der Waals surface area contributed by atoms with Crippen LogP contribution in [0.2, 0.25) is 4.47 Å². The van der Waals surface area contributed by atoms with Crippen LogP contribution in [-0.2, 0) is 0 Å². The van der Waals surface area contributed by atoms with Gasteiger partial charge in [0.25, 0.3) is 0 Å². The van der Waals surface area contributed by atoms with Crippen LogP contribution in [0, 0.1) is 17.1 Å². The van der Waals surface area contributed by atoms with Gasteiger partial charge in [0.2, 0.25) is 0 Å². The molecule has 0 fully saturated rings. The molecule has 1 aromatic heterocycles. The van der Waals surface area contributed by atoms with E-state index in [4.69, 9.17) is 22.3 Å². The maximum absolute atomic E-state index is 13.4. The lowest BCUT2D eigenvalue weighted by molar-refractivity contribution is 0.628. The second-order valence-electron chi connectivity index (χ2n) is 2.45. The summed E-state index contributed by atoms with van der Waals surface area (Å²) in [6.07, 6.45) is 0. The minimum absolute atomic E-state index is 0.0349. The van der Waals surface area contributed by atoms with Crippen molar-refractivity contribution in [3.63, 3.8) is 0 Å². The second-order valence-corrected chi connectivity index (χ2v) is 4.03. The summed E-state index contributed by atoms with van der Waals surface area (Å²) in [4.78, 5) is 3.87. The monoisotopic (exact) mass is 242 g/mol. The Labute approximate surface area is 100 Å². The van der Waals surface area contributed by atoms with Gasteiger partial charge in [-0.2, -0.15) is 5.26 Å². The molecule has 0 bridgehead atoms. The highest BCUT2D eigenvalue weighted by Gasteiger charge is 2.11. The van der Waals surface area contributed by atoms with Crippen LogP contribution in [0.15, 0.2) is 24.2 Å². The molecule has 0 atom stereocenters. The quantitative estimate of drug-likeness (QED) is 0.768. The van der Waals surface area contributed by atoms with Gasteiger partial charge in [0, 0.05) is 5.56 Å². The number of hydrogen-bond acceptors (Lipinski definition) is 3. The van der Waals surface area contributed by atoms with Crippen LogP contribution in [0.25, 0.3) is 11.3 Å². The van der Waals surface area contributed by atoms with Gasteiger partial charge in [0.05, 0.1) is 5.48 Å². The molecule has 0 unspecified atom stereocenters. The van der Waals surface area contributed by atoms with E-state index < -0.39 is 30.0 Å². The number of hydrogen-bond donors (Lipinski definition) is 0. The average molecular weight is 243 g/mol. The average Bonchev–Trinajstić information content (AvgIpc) is 2.75. The van der Waals surface area contributed by atoms with E-state index in [9.17, 15) is 4.39 Å². The Kier molecular flexibility index (Phi) is 1.64. The number of nitrogens with zero attached hydrogens (tertiary/aromatic N) is 2. The third kappa shape index (κ3) is 1.99. The van der Waals surface area contributed by atoms with E-state index >= 15 is 0 Å². The molecule has 0 radical (unpaired) electrons. The Bertz CT molecular complexity index is 696. The van der Waals surface area contributed by atoms with Crippen LogP contribution in [0.4, 0.5) is 4.39 Å². The zero-order valence-electron chi connectivity index (χ0n) is 11.1. The first-order valence-corrected chi connectivity index (χ1v) is 4.90. The maximum Gasteiger partial charge on any atom is 0.185 e. The summed E-state index contributed by atoms with van der Waals surface area (Å²) < 4.78 is 43.6. The molecule has 2 nitrogen and oxygen atoms in total. The molecule has 1 aromatic carbocycles. The van der Waals surface area contributed by atoms with E-state index in [1.807, 2.05) is 6.07 Å². The topological polar surface area (TPSA) is 36.7 Å². The largest absolute Gasteiger partial charge is 0.223 e. The summed E-state index contributed by atoms with van der Waals surface area (Å²) in [6, 6.07) is -0.964. The van der Waals surface area contributed by atoms with Crippen molar-refractivity contribution in [3.8, 4) is 17.3 Å². The van der Waals surface area contributed by atoms with Gasteiger partial charge in [-0.1, -0.05) is 22.9 Å². The van der Waals surface area contributed by atoms with Crippen LogP contribution in [0.3, 0.4) is 0 Å². The number of rotatable bonds is 1. The van der Waals surface area contributed by atoms with Gasteiger partial charge in [-0.25, -0.2) is 9.37 Å². The highest BCUT2D eigenvalue weighted by Crippen LogP contribution is 2.30. The van der Waals surface area contributed by atoms with Crippen molar-refractivity contribution in [2.75, 3.05) is 0 Å². The van der Waals surface area contributed by atoms with Crippen molar-refractivity contribution in [1.82, 2.24) is 4.98 Å². The third-order valence-electron chi connectivity index (χ3n) is 1.53. The van der Waals surface area contributed by atoms with E-state index in [0.29, 0.717) is 0 Å². The van der Waals surface area contributed by atoms with Gasteiger partial charge in [-0.15, -0.1) is 0 Å². The molecule has 5 heteroatoms. The Morgan fingerprint density at radius 1 is 1.47 bits per heavy atom. The Morgan fingerprint density at radius 3 is 2.73 bits per heavy atom. The number of halogens is 2. The van der Waals surface area contributed by atoms with Crippen molar-refractivity contribution in [2.24, 2.45) is 0 Å². The first-order chi connectivity index (χ1) is 8.88. The fraction of sp³-hybridized carbons (Fsp3) is 0. The van der Waals surface area contributed by atoms with Crippen LogP contribution < -0.4 is 0 Å². The smallest absolute Gasteiger partial charge is 0.185 e. The number of aromatic nitrogens is 1. The Balaban J connectivity index is 2.87. The summed E-state index contributed by atoms with van der Waals surface area (Å²) in [5.74, 6) is -1.24. The minimum atomic E-state index is -1.24. The van der Waals surface area contributed by atoms with Crippen LogP contribution in [-0.4, -0.2) is 4.98 Å². The fourth-order valence-corrected chi connectivity index (χ4v) is 1.87. The molecule has 15 heavy (non-hydrogen) atoms. The molecule has 0 N–H and O–H groups in total. The van der Waals surface area contributed by atoms with Crippen LogP contribution in [0.1, 0.15) is 10.4 Å². The standard InChI is InChI=1S/C10H4ClFN2S/c11-10-14-9(8(5-13)15-10)6-1-3-7(12)4-2-6/h1-4H/i1D,2D,3D,4D. The molecule has 0 saturated carbocycles. The van der Waals surface area contributed by atoms with Crippen LogP contribution in [0.5, 0.6) is 0 Å². The van der Waals surface area contributed by atoms with Crippen molar-refractivity contribution >= 4 is 22.9 Å². The molecule has 1 heterocycles. The summed E-state index contributed by atoms with van der Waals surface area (Å²) >= 11 is 6.53. The molecule has 2 rings (SSSR count). The molecule has 0 aliphatic carbocycles. The summed E-state index contributed by atoms with van der Waals surface area (Å²) in [5.41, 5.74) is -0.286. The lowest BCUT2D eigenvalue weighted by Crippen LogP contribution is -1.81. The predicted molar refractivity (Wildman–Crippen MR) is 57.2 cm³/mol. The molecular weight excluding hydrogens is 235 g/mol. The highest BCUT2D eigenvalue weighted by molar-refractivity contribution is 7.16. The molecule has 0 aliphatic heterocycles. The summed E-state index contributed by atoms with van der Waals surface area (Å²) in [6.45, 7) is 0. The van der Waals surface area contributed by atoms with Crippen molar-refractivity contribution in [2.45, 2.75) is 0 Å². The van der Waals surface area contributed by atoms with E-state index in [0.717, 1.165) is 11.3 Å². The highest BCUT2D eigenvalue weighted by atomic mass is 35.5. The molecule has 0 spiro atoms. The molecule has 0 aliphatic rings. The fourth-order valence-electron chi connectivity index (χ4n) is 0.955. The molecule has 0 saturated heterocycles. The number of nitriles is 1. The zero-order valence-corrected chi connectivity index (χ0v) is 8.63. The molecule has 0 amide bonds. The van der Waals surface area contributed by atoms with Gasteiger partial charge in [-0.3, -0.25) is 0 Å². The Morgan fingerprint density at radius 2 is 2.13 bits per heavy atom. The molecule has 2 aromatic rings. The molecular formula is C10H4ClFN2S.